The number of rotatable bonds is 4. The summed E-state index contributed by atoms with van der Waals surface area (Å²) in [6.45, 7) is 0. The van der Waals surface area contributed by atoms with E-state index >= 15 is 0 Å². The Bertz CT molecular complexity index is 1040. The zero-order valence-electron chi connectivity index (χ0n) is 13.3. The van der Waals surface area contributed by atoms with Crippen LogP contribution >= 0.6 is 34.3 Å². The first-order valence-corrected chi connectivity index (χ1v) is 9.80. The van der Waals surface area contributed by atoms with Crippen molar-refractivity contribution in [2.45, 2.75) is 0 Å². The van der Waals surface area contributed by atoms with Crippen LogP contribution in [-0.2, 0) is 0 Å². The molecule has 1 N–H and O–H groups in total. The Kier molecular flexibility index (Phi) is 4.79. The van der Waals surface area contributed by atoms with Crippen molar-refractivity contribution in [2.75, 3.05) is 5.32 Å². The Morgan fingerprint density at radius 3 is 2.54 bits per heavy atom. The van der Waals surface area contributed by atoms with Crippen molar-refractivity contribution in [2.24, 2.45) is 0 Å². The molecule has 0 aliphatic heterocycles. The molecule has 4 aromatic rings. The van der Waals surface area contributed by atoms with Crippen molar-refractivity contribution in [3.05, 3.63) is 76.2 Å². The quantitative estimate of drug-likeness (QED) is 0.470. The molecular formula is C19H12ClN3OS2. The third kappa shape index (κ3) is 3.53. The van der Waals surface area contributed by atoms with Crippen molar-refractivity contribution in [1.82, 2.24) is 9.97 Å². The zero-order chi connectivity index (χ0) is 17.9. The molecule has 0 unspecified atom stereocenters. The summed E-state index contributed by atoms with van der Waals surface area (Å²) < 4.78 is 0. The highest BCUT2D eigenvalue weighted by atomic mass is 35.5. The lowest BCUT2D eigenvalue weighted by Crippen LogP contribution is -2.09. The van der Waals surface area contributed by atoms with Crippen LogP contribution in [0.5, 0.6) is 0 Å². The number of carbonyl (C=O) groups is 1. The number of thiazole rings is 2. The van der Waals surface area contributed by atoms with Crippen LogP contribution in [0.2, 0.25) is 5.02 Å². The highest BCUT2D eigenvalue weighted by Gasteiger charge is 2.13. The van der Waals surface area contributed by atoms with Crippen LogP contribution in [0, 0.1) is 0 Å². The topological polar surface area (TPSA) is 54.9 Å². The summed E-state index contributed by atoms with van der Waals surface area (Å²) in [6.07, 6.45) is 3.35. The molecule has 1 amide bonds. The van der Waals surface area contributed by atoms with E-state index in [9.17, 15) is 4.79 Å². The third-order valence-corrected chi connectivity index (χ3v) is 5.84. The number of amides is 1. The van der Waals surface area contributed by atoms with Gasteiger partial charge in [-0.2, -0.15) is 0 Å². The second kappa shape index (κ2) is 7.37. The minimum Gasteiger partial charge on any atom is -0.321 e. The standard InChI is InChI=1S/C19H12ClN3OS2/c20-15-4-2-1-3-14(15)19-22-11-16(26-19)17(24)23-13-7-5-12(6-8-13)18-21-9-10-25-18/h1-11H,(H,23,24). The number of aromatic nitrogens is 2. The molecule has 0 bridgehead atoms. The van der Waals surface area contributed by atoms with Gasteiger partial charge in [-0.1, -0.05) is 29.8 Å². The summed E-state index contributed by atoms with van der Waals surface area (Å²) in [6, 6.07) is 15.1. The second-order valence-corrected chi connectivity index (χ2v) is 7.71. The molecule has 0 saturated heterocycles. The molecule has 2 heterocycles. The van der Waals surface area contributed by atoms with Crippen LogP contribution < -0.4 is 5.32 Å². The smallest absolute Gasteiger partial charge is 0.267 e. The molecule has 4 rings (SSSR count). The highest BCUT2D eigenvalue weighted by Crippen LogP contribution is 2.31. The zero-order valence-corrected chi connectivity index (χ0v) is 15.7. The third-order valence-electron chi connectivity index (χ3n) is 3.66. The molecule has 0 aliphatic carbocycles. The molecule has 0 aliphatic rings. The van der Waals surface area contributed by atoms with Gasteiger partial charge < -0.3 is 5.32 Å². The van der Waals surface area contributed by atoms with E-state index in [-0.39, 0.29) is 5.91 Å². The average molecular weight is 398 g/mol. The van der Waals surface area contributed by atoms with Crippen LogP contribution in [0.15, 0.2) is 66.3 Å². The summed E-state index contributed by atoms with van der Waals surface area (Å²) in [5.74, 6) is -0.192. The summed E-state index contributed by atoms with van der Waals surface area (Å²) >= 11 is 9.09. The van der Waals surface area contributed by atoms with Gasteiger partial charge in [0.15, 0.2) is 0 Å². The molecule has 0 fully saturated rings. The molecule has 0 saturated carbocycles. The molecule has 4 nitrogen and oxygen atoms in total. The number of benzene rings is 2. The van der Waals surface area contributed by atoms with Gasteiger partial charge in [0.2, 0.25) is 0 Å². The van der Waals surface area contributed by atoms with Crippen LogP contribution in [-0.4, -0.2) is 15.9 Å². The number of hydrogen-bond donors (Lipinski definition) is 1. The van der Waals surface area contributed by atoms with Gasteiger partial charge in [-0.15, -0.1) is 22.7 Å². The maximum Gasteiger partial charge on any atom is 0.267 e. The minimum atomic E-state index is -0.192. The maximum absolute atomic E-state index is 12.5. The van der Waals surface area contributed by atoms with Gasteiger partial charge >= 0.3 is 0 Å². The molecule has 7 heteroatoms. The van der Waals surface area contributed by atoms with Crippen LogP contribution in [0.3, 0.4) is 0 Å². The summed E-state index contributed by atoms with van der Waals surface area (Å²) in [5, 5.41) is 7.12. The van der Waals surface area contributed by atoms with Crippen LogP contribution in [0.1, 0.15) is 9.67 Å². The van der Waals surface area contributed by atoms with Crippen molar-refractivity contribution in [3.8, 4) is 21.1 Å². The van der Waals surface area contributed by atoms with Gasteiger partial charge in [0.25, 0.3) is 5.91 Å². The predicted octanol–water partition coefficient (Wildman–Crippen LogP) is 5.84. The Labute approximate surface area is 163 Å². The lowest BCUT2D eigenvalue weighted by Gasteiger charge is -2.04. The summed E-state index contributed by atoms with van der Waals surface area (Å²) in [5.41, 5.74) is 2.57. The van der Waals surface area contributed by atoms with E-state index in [1.807, 2.05) is 53.9 Å². The van der Waals surface area contributed by atoms with E-state index in [0.717, 1.165) is 26.8 Å². The summed E-state index contributed by atoms with van der Waals surface area (Å²) in [7, 11) is 0. The largest absolute Gasteiger partial charge is 0.321 e. The van der Waals surface area contributed by atoms with Crippen molar-refractivity contribution in [1.29, 1.82) is 0 Å². The van der Waals surface area contributed by atoms with E-state index < -0.39 is 0 Å². The molecule has 2 aromatic heterocycles. The molecule has 26 heavy (non-hydrogen) atoms. The van der Waals surface area contributed by atoms with Crippen LogP contribution in [0.25, 0.3) is 21.1 Å². The van der Waals surface area contributed by atoms with E-state index in [2.05, 4.69) is 15.3 Å². The lowest BCUT2D eigenvalue weighted by atomic mass is 10.2. The van der Waals surface area contributed by atoms with E-state index in [1.165, 1.54) is 11.3 Å². The van der Waals surface area contributed by atoms with E-state index in [0.29, 0.717) is 9.90 Å². The van der Waals surface area contributed by atoms with E-state index in [1.54, 1.807) is 23.7 Å². The van der Waals surface area contributed by atoms with Gasteiger partial charge in [0, 0.05) is 28.4 Å². The Hall–Kier alpha value is -2.54. The number of halogens is 1. The SMILES string of the molecule is O=C(Nc1ccc(-c2nccs2)cc1)c1cnc(-c2ccccc2Cl)s1. The monoisotopic (exact) mass is 397 g/mol. The van der Waals surface area contributed by atoms with E-state index in [4.69, 9.17) is 11.6 Å². The maximum atomic E-state index is 12.5. The fraction of sp³-hybridized carbons (Fsp3) is 0. The van der Waals surface area contributed by atoms with Crippen molar-refractivity contribution in [3.63, 3.8) is 0 Å². The number of hydrogen-bond acceptors (Lipinski definition) is 5. The van der Waals surface area contributed by atoms with Gasteiger partial charge in [-0.05, 0) is 30.3 Å². The Morgan fingerprint density at radius 2 is 1.81 bits per heavy atom. The first kappa shape index (κ1) is 16.9. The second-order valence-electron chi connectivity index (χ2n) is 5.38. The fourth-order valence-corrected chi connectivity index (χ4v) is 4.17. The van der Waals surface area contributed by atoms with Gasteiger partial charge in [0.1, 0.15) is 14.9 Å². The first-order valence-electron chi connectivity index (χ1n) is 7.73. The fourth-order valence-electron chi connectivity index (χ4n) is 2.39. The van der Waals surface area contributed by atoms with Gasteiger partial charge in [0.05, 0.1) is 11.2 Å². The molecule has 0 spiro atoms. The van der Waals surface area contributed by atoms with Crippen molar-refractivity contribution < 1.29 is 4.79 Å². The number of anilines is 1. The Morgan fingerprint density at radius 1 is 1.00 bits per heavy atom. The Balaban J connectivity index is 1.49. The van der Waals surface area contributed by atoms with Crippen LogP contribution in [0.4, 0.5) is 5.69 Å². The summed E-state index contributed by atoms with van der Waals surface area (Å²) in [4.78, 5) is 21.6. The average Bonchev–Trinajstić information content (AvgIpc) is 3.35. The van der Waals surface area contributed by atoms with Gasteiger partial charge in [-0.25, -0.2) is 9.97 Å². The first-order chi connectivity index (χ1) is 12.7. The molecule has 2 aromatic carbocycles. The molecular weight excluding hydrogens is 386 g/mol. The molecule has 0 radical (unpaired) electrons. The normalized spacial score (nSPS) is 10.7. The van der Waals surface area contributed by atoms with Gasteiger partial charge in [-0.3, -0.25) is 4.79 Å². The molecule has 128 valence electrons. The highest BCUT2D eigenvalue weighted by molar-refractivity contribution is 7.17. The number of carbonyl (C=O) groups excluding carboxylic acids is 1. The minimum absolute atomic E-state index is 0.192. The van der Waals surface area contributed by atoms with Crippen molar-refractivity contribution >= 4 is 45.9 Å². The predicted molar refractivity (Wildman–Crippen MR) is 108 cm³/mol. The number of nitrogens with one attached hydrogen (secondary N) is 1. The number of nitrogens with zero attached hydrogens (tertiary/aromatic N) is 2. The lowest BCUT2D eigenvalue weighted by molar-refractivity contribution is 0.103. The molecule has 0 atom stereocenters.